The molecule has 0 N–H and O–H groups in total. The molecule has 27 heavy (non-hydrogen) atoms. The van der Waals surface area contributed by atoms with E-state index in [4.69, 9.17) is 0 Å². The number of likely N-dealkylation sites (tertiary alicyclic amines) is 1. The summed E-state index contributed by atoms with van der Waals surface area (Å²) in [5, 5.41) is 4.37. The van der Waals surface area contributed by atoms with Gasteiger partial charge in [0.2, 0.25) is 5.82 Å². The molecule has 3 heterocycles. The van der Waals surface area contributed by atoms with Crippen molar-refractivity contribution >= 4 is 5.91 Å². The van der Waals surface area contributed by atoms with E-state index >= 15 is 0 Å². The number of rotatable bonds is 5. The number of piperidine rings is 1. The van der Waals surface area contributed by atoms with E-state index in [9.17, 15) is 4.79 Å². The summed E-state index contributed by atoms with van der Waals surface area (Å²) in [4.78, 5) is 25.6. The number of aromatic nitrogens is 4. The maximum absolute atomic E-state index is 12.7. The molecule has 1 aliphatic rings. The Labute approximate surface area is 161 Å². The predicted octanol–water partition coefficient (Wildman–Crippen LogP) is 2.21. The van der Waals surface area contributed by atoms with Gasteiger partial charge in [0.25, 0.3) is 5.91 Å². The van der Waals surface area contributed by atoms with Crippen molar-refractivity contribution in [2.24, 2.45) is 0 Å². The Bertz CT molecular complexity index is 743. The molecule has 0 unspecified atom stereocenters. The largest absolute Gasteiger partial charge is 0.336 e. The molecule has 1 amide bonds. The van der Waals surface area contributed by atoms with Crippen molar-refractivity contribution in [1.29, 1.82) is 0 Å². The van der Waals surface area contributed by atoms with Crippen LogP contribution in [0.1, 0.15) is 49.9 Å². The Morgan fingerprint density at radius 2 is 1.96 bits per heavy atom. The highest BCUT2D eigenvalue weighted by atomic mass is 16.2. The van der Waals surface area contributed by atoms with Crippen molar-refractivity contribution in [2.75, 3.05) is 26.7 Å². The van der Waals surface area contributed by atoms with Gasteiger partial charge in [-0.25, -0.2) is 9.67 Å². The maximum Gasteiger partial charge on any atom is 0.293 e. The molecule has 1 fully saturated rings. The Morgan fingerprint density at radius 3 is 2.56 bits per heavy atom. The number of hydrogen-bond donors (Lipinski definition) is 0. The molecule has 0 radical (unpaired) electrons. The third kappa shape index (κ3) is 4.91. The van der Waals surface area contributed by atoms with E-state index in [2.05, 4.69) is 26.0 Å². The normalized spacial score (nSPS) is 16.4. The van der Waals surface area contributed by atoms with E-state index < -0.39 is 0 Å². The third-order valence-corrected chi connectivity index (χ3v) is 5.21. The highest BCUT2D eigenvalue weighted by Crippen LogP contribution is 2.18. The Balaban J connectivity index is 1.50. The van der Waals surface area contributed by atoms with Gasteiger partial charge in [-0.1, -0.05) is 6.07 Å². The van der Waals surface area contributed by atoms with Crippen LogP contribution in [0.5, 0.6) is 0 Å². The first-order chi connectivity index (χ1) is 12.8. The zero-order valence-electron chi connectivity index (χ0n) is 16.8. The molecule has 2 aromatic heterocycles. The number of carbonyl (C=O) groups is 1. The van der Waals surface area contributed by atoms with Crippen LogP contribution < -0.4 is 0 Å². The van der Waals surface area contributed by atoms with Crippen LogP contribution in [-0.4, -0.2) is 68.2 Å². The lowest BCUT2D eigenvalue weighted by atomic mass is 10.0. The first-order valence-corrected chi connectivity index (χ1v) is 9.66. The van der Waals surface area contributed by atoms with Crippen LogP contribution in [-0.2, 0) is 12.0 Å². The lowest BCUT2D eigenvalue weighted by Gasteiger charge is -2.36. The van der Waals surface area contributed by atoms with Gasteiger partial charge in [0.05, 0.1) is 5.54 Å². The summed E-state index contributed by atoms with van der Waals surface area (Å²) in [6.07, 6.45) is 6.40. The molecule has 1 aliphatic heterocycles. The van der Waals surface area contributed by atoms with Crippen molar-refractivity contribution in [3.63, 3.8) is 0 Å². The smallest absolute Gasteiger partial charge is 0.293 e. The van der Waals surface area contributed by atoms with Crippen LogP contribution in [0.3, 0.4) is 0 Å². The molecule has 0 atom stereocenters. The summed E-state index contributed by atoms with van der Waals surface area (Å²) >= 11 is 0. The SMILES string of the molecule is CN(C(=O)c1ncn(C(C)(C)C)n1)C1CCN(CCc2ccccn2)CC1. The lowest BCUT2D eigenvalue weighted by Crippen LogP contribution is -2.46. The summed E-state index contributed by atoms with van der Waals surface area (Å²) in [6.45, 7) is 9.14. The van der Waals surface area contributed by atoms with Crippen LogP contribution in [0.15, 0.2) is 30.7 Å². The van der Waals surface area contributed by atoms with E-state index in [1.54, 1.807) is 11.0 Å². The summed E-state index contributed by atoms with van der Waals surface area (Å²) in [6, 6.07) is 6.29. The quantitative estimate of drug-likeness (QED) is 0.807. The van der Waals surface area contributed by atoms with Crippen LogP contribution in [0.4, 0.5) is 0 Å². The minimum atomic E-state index is -0.178. The zero-order valence-corrected chi connectivity index (χ0v) is 16.8. The Kier molecular flexibility index (Phi) is 5.89. The number of hydrogen-bond acceptors (Lipinski definition) is 5. The zero-order chi connectivity index (χ0) is 19.4. The van der Waals surface area contributed by atoms with Gasteiger partial charge in [0.1, 0.15) is 6.33 Å². The average Bonchev–Trinajstić information content (AvgIpc) is 3.17. The van der Waals surface area contributed by atoms with E-state index in [-0.39, 0.29) is 23.3 Å². The molecule has 1 saturated heterocycles. The van der Waals surface area contributed by atoms with Gasteiger partial charge in [-0.2, -0.15) is 0 Å². The van der Waals surface area contributed by atoms with E-state index in [0.29, 0.717) is 0 Å². The highest BCUT2D eigenvalue weighted by Gasteiger charge is 2.28. The van der Waals surface area contributed by atoms with Crippen LogP contribution in [0.2, 0.25) is 0 Å². The van der Waals surface area contributed by atoms with Gasteiger partial charge in [-0.05, 0) is 45.7 Å². The second kappa shape index (κ2) is 8.17. The fraction of sp³-hybridized carbons (Fsp3) is 0.600. The van der Waals surface area contributed by atoms with E-state index in [1.807, 2.05) is 51.0 Å². The summed E-state index contributed by atoms with van der Waals surface area (Å²) in [5.41, 5.74) is 0.954. The summed E-state index contributed by atoms with van der Waals surface area (Å²) in [5.74, 6) is 0.190. The standard InChI is InChI=1S/C20H30N6O/c1-20(2,3)26-15-22-18(23-26)19(27)24(4)17-9-13-25(14-10-17)12-8-16-7-5-6-11-21-16/h5-7,11,15,17H,8-10,12-14H2,1-4H3. The van der Waals surface area contributed by atoms with Crippen molar-refractivity contribution in [1.82, 2.24) is 29.5 Å². The van der Waals surface area contributed by atoms with Gasteiger partial charge >= 0.3 is 0 Å². The van der Waals surface area contributed by atoms with Gasteiger partial charge in [-0.15, -0.1) is 5.10 Å². The van der Waals surface area contributed by atoms with Crippen LogP contribution in [0, 0.1) is 0 Å². The molecule has 0 spiro atoms. The number of amides is 1. The molecular formula is C20H30N6O. The molecule has 0 saturated carbocycles. The summed E-state index contributed by atoms with van der Waals surface area (Å²) < 4.78 is 1.74. The van der Waals surface area contributed by atoms with Gasteiger partial charge in [0.15, 0.2) is 0 Å². The topological polar surface area (TPSA) is 67.2 Å². The molecule has 0 bridgehead atoms. The fourth-order valence-electron chi connectivity index (χ4n) is 3.36. The molecule has 3 rings (SSSR count). The van der Waals surface area contributed by atoms with Crippen molar-refractivity contribution in [3.8, 4) is 0 Å². The second-order valence-electron chi connectivity index (χ2n) is 8.24. The minimum absolute atomic E-state index is 0.0927. The minimum Gasteiger partial charge on any atom is -0.336 e. The van der Waals surface area contributed by atoms with Gasteiger partial charge in [-0.3, -0.25) is 9.78 Å². The highest BCUT2D eigenvalue weighted by molar-refractivity contribution is 5.90. The molecule has 146 valence electrons. The molecule has 7 heteroatoms. The van der Waals surface area contributed by atoms with Gasteiger partial charge in [0, 0.05) is 51.0 Å². The lowest BCUT2D eigenvalue weighted by molar-refractivity contribution is 0.0630. The maximum atomic E-state index is 12.7. The first-order valence-electron chi connectivity index (χ1n) is 9.66. The average molecular weight is 371 g/mol. The third-order valence-electron chi connectivity index (χ3n) is 5.21. The van der Waals surface area contributed by atoms with Crippen molar-refractivity contribution in [2.45, 2.75) is 51.6 Å². The van der Waals surface area contributed by atoms with E-state index in [1.165, 1.54) is 0 Å². The molecule has 0 aromatic carbocycles. The fourth-order valence-corrected chi connectivity index (χ4v) is 3.36. The monoisotopic (exact) mass is 370 g/mol. The first kappa shape index (κ1) is 19.5. The number of pyridine rings is 1. The Morgan fingerprint density at radius 1 is 1.22 bits per heavy atom. The Hall–Kier alpha value is -2.28. The molecule has 0 aliphatic carbocycles. The summed E-state index contributed by atoms with van der Waals surface area (Å²) in [7, 11) is 1.87. The molecule has 2 aromatic rings. The molecular weight excluding hydrogens is 340 g/mol. The molecule has 7 nitrogen and oxygen atoms in total. The van der Waals surface area contributed by atoms with Gasteiger partial charge < -0.3 is 9.80 Å². The predicted molar refractivity (Wildman–Crippen MR) is 105 cm³/mol. The van der Waals surface area contributed by atoms with Crippen molar-refractivity contribution < 1.29 is 4.79 Å². The van der Waals surface area contributed by atoms with Crippen LogP contribution in [0.25, 0.3) is 0 Å². The van der Waals surface area contributed by atoms with Crippen LogP contribution >= 0.6 is 0 Å². The van der Waals surface area contributed by atoms with Crippen molar-refractivity contribution in [3.05, 3.63) is 42.2 Å². The second-order valence-corrected chi connectivity index (χ2v) is 8.24. The van der Waals surface area contributed by atoms with E-state index in [0.717, 1.165) is 44.6 Å². The number of carbonyl (C=O) groups excluding carboxylic acids is 1. The number of nitrogens with zero attached hydrogens (tertiary/aromatic N) is 6.